The normalized spacial score (nSPS) is 8.53. The molecule has 2 nitrogen and oxygen atoms in total. The largest absolute Gasteiger partial charge is 0.378 e. The average Bonchev–Trinajstić information content (AvgIpc) is 2.19. The van der Waals surface area contributed by atoms with Crippen molar-refractivity contribution in [2.75, 3.05) is 19.0 Å². The van der Waals surface area contributed by atoms with Crippen LogP contribution in [0.15, 0.2) is 36.9 Å². The summed E-state index contributed by atoms with van der Waals surface area (Å²) >= 11 is 5.28. The molecule has 0 spiro atoms. The molecule has 1 rings (SSSR count). The van der Waals surface area contributed by atoms with E-state index in [0.29, 0.717) is 5.56 Å². The lowest BCUT2D eigenvalue weighted by Crippen LogP contribution is -2.08. The molecule has 0 aromatic heterocycles. The number of rotatable bonds is 2. The van der Waals surface area contributed by atoms with Crippen LogP contribution in [0.5, 0.6) is 0 Å². The van der Waals surface area contributed by atoms with Gasteiger partial charge in [-0.15, -0.1) is 6.58 Å². The molecule has 15 heavy (non-hydrogen) atoms. The summed E-state index contributed by atoms with van der Waals surface area (Å²) in [6.07, 6.45) is 1.75. The number of benzene rings is 1. The molecule has 0 bridgehead atoms. The van der Waals surface area contributed by atoms with Gasteiger partial charge in [-0.1, -0.05) is 6.08 Å². The van der Waals surface area contributed by atoms with Crippen molar-refractivity contribution >= 4 is 22.5 Å². The minimum absolute atomic E-state index is 0.416. The maximum absolute atomic E-state index is 10.7. The van der Waals surface area contributed by atoms with Crippen molar-refractivity contribution in [3.8, 4) is 0 Å². The molecule has 0 heterocycles. The SMILES string of the molecule is C=CC.CN(C)c1ccc(C(=O)Cl)cc1. The van der Waals surface area contributed by atoms with Crippen LogP contribution in [0.25, 0.3) is 0 Å². The quantitative estimate of drug-likeness (QED) is 0.569. The Balaban J connectivity index is 0.000000583. The van der Waals surface area contributed by atoms with E-state index in [1.807, 2.05) is 38.1 Å². The van der Waals surface area contributed by atoms with Gasteiger partial charge in [-0.3, -0.25) is 4.79 Å². The van der Waals surface area contributed by atoms with E-state index in [2.05, 4.69) is 6.58 Å². The van der Waals surface area contributed by atoms with Gasteiger partial charge in [-0.2, -0.15) is 0 Å². The van der Waals surface area contributed by atoms with Gasteiger partial charge in [-0.05, 0) is 42.8 Å². The highest BCUT2D eigenvalue weighted by Gasteiger charge is 2.00. The molecule has 0 unspecified atom stereocenters. The molecule has 0 saturated heterocycles. The number of nitrogens with zero attached hydrogens (tertiary/aromatic N) is 1. The van der Waals surface area contributed by atoms with Gasteiger partial charge < -0.3 is 4.90 Å². The summed E-state index contributed by atoms with van der Waals surface area (Å²) in [7, 11) is 3.88. The second-order valence-corrected chi connectivity index (χ2v) is 3.47. The smallest absolute Gasteiger partial charge is 0.252 e. The van der Waals surface area contributed by atoms with Crippen molar-refractivity contribution in [1.29, 1.82) is 0 Å². The first-order valence-corrected chi connectivity index (χ1v) is 4.95. The number of carbonyl (C=O) groups excluding carboxylic acids is 1. The van der Waals surface area contributed by atoms with Crippen LogP contribution >= 0.6 is 11.6 Å². The van der Waals surface area contributed by atoms with Crippen molar-refractivity contribution in [2.45, 2.75) is 6.92 Å². The molecule has 0 amide bonds. The van der Waals surface area contributed by atoms with Gasteiger partial charge in [0.15, 0.2) is 0 Å². The van der Waals surface area contributed by atoms with Crippen molar-refractivity contribution < 1.29 is 4.79 Å². The van der Waals surface area contributed by atoms with Gasteiger partial charge >= 0.3 is 0 Å². The summed E-state index contributed by atoms with van der Waals surface area (Å²) in [5.41, 5.74) is 1.58. The molecule has 0 aliphatic rings. The van der Waals surface area contributed by atoms with Gasteiger partial charge in [0.2, 0.25) is 0 Å². The number of anilines is 1. The topological polar surface area (TPSA) is 20.3 Å². The van der Waals surface area contributed by atoms with Crippen molar-refractivity contribution in [2.24, 2.45) is 0 Å². The average molecular weight is 226 g/mol. The Morgan fingerprint density at radius 3 is 2.00 bits per heavy atom. The summed E-state index contributed by atoms with van der Waals surface area (Å²) in [5, 5.41) is -0.416. The lowest BCUT2D eigenvalue weighted by atomic mass is 10.2. The zero-order valence-electron chi connectivity index (χ0n) is 9.33. The summed E-state index contributed by atoms with van der Waals surface area (Å²) < 4.78 is 0. The van der Waals surface area contributed by atoms with E-state index in [0.717, 1.165) is 5.69 Å². The number of hydrogen-bond donors (Lipinski definition) is 0. The van der Waals surface area contributed by atoms with Crippen molar-refractivity contribution in [3.05, 3.63) is 42.5 Å². The van der Waals surface area contributed by atoms with Crippen LogP contribution in [0, 0.1) is 0 Å². The predicted molar refractivity (Wildman–Crippen MR) is 66.8 cm³/mol. The fourth-order valence-electron chi connectivity index (χ4n) is 0.891. The second-order valence-electron chi connectivity index (χ2n) is 3.12. The van der Waals surface area contributed by atoms with E-state index >= 15 is 0 Å². The third-order valence-corrected chi connectivity index (χ3v) is 1.83. The molecule has 1 aromatic carbocycles. The predicted octanol–water partition coefficient (Wildman–Crippen LogP) is 3.32. The molecule has 0 aliphatic carbocycles. The van der Waals surface area contributed by atoms with Crippen molar-refractivity contribution in [3.63, 3.8) is 0 Å². The van der Waals surface area contributed by atoms with E-state index in [1.165, 1.54) is 0 Å². The molecule has 1 aromatic rings. The fourth-order valence-corrected chi connectivity index (χ4v) is 1.02. The molecule has 3 heteroatoms. The van der Waals surface area contributed by atoms with E-state index in [4.69, 9.17) is 11.6 Å². The van der Waals surface area contributed by atoms with Gasteiger partial charge in [-0.25, -0.2) is 0 Å². The Morgan fingerprint density at radius 2 is 1.73 bits per heavy atom. The highest BCUT2D eigenvalue weighted by molar-refractivity contribution is 6.67. The number of hydrogen-bond acceptors (Lipinski definition) is 2. The zero-order valence-corrected chi connectivity index (χ0v) is 10.1. The van der Waals surface area contributed by atoms with Crippen LogP contribution in [-0.4, -0.2) is 19.3 Å². The lowest BCUT2D eigenvalue weighted by Gasteiger charge is -2.11. The first-order valence-electron chi connectivity index (χ1n) is 4.57. The fraction of sp³-hybridized carbons (Fsp3) is 0.250. The van der Waals surface area contributed by atoms with Gasteiger partial charge in [0.05, 0.1) is 0 Å². The molecule has 0 radical (unpaired) electrons. The second kappa shape index (κ2) is 7.07. The maximum Gasteiger partial charge on any atom is 0.252 e. The monoisotopic (exact) mass is 225 g/mol. The standard InChI is InChI=1S/C9H10ClNO.C3H6/c1-11(2)8-5-3-7(4-6-8)9(10)12;1-3-2/h3-6H,1-2H3;3H,1H2,2H3. The molecular formula is C12H16ClNO. The van der Waals surface area contributed by atoms with Crippen LogP contribution in [-0.2, 0) is 0 Å². The molecule has 0 N–H and O–H groups in total. The Bertz CT molecular complexity index is 317. The Kier molecular flexibility index (Phi) is 6.47. The molecule has 0 atom stereocenters. The van der Waals surface area contributed by atoms with Gasteiger partial charge in [0.25, 0.3) is 5.24 Å². The highest BCUT2D eigenvalue weighted by Crippen LogP contribution is 2.13. The lowest BCUT2D eigenvalue weighted by molar-refractivity contribution is 0.108. The summed E-state index contributed by atoms with van der Waals surface area (Å²) in [5.74, 6) is 0. The summed E-state index contributed by atoms with van der Waals surface area (Å²) in [6.45, 7) is 5.25. The Hall–Kier alpha value is -1.28. The first-order chi connectivity index (χ1) is 7.02. The van der Waals surface area contributed by atoms with Crippen LogP contribution in [0.1, 0.15) is 17.3 Å². The first kappa shape index (κ1) is 13.7. The highest BCUT2D eigenvalue weighted by atomic mass is 35.5. The molecule has 0 aliphatic heterocycles. The van der Waals surface area contributed by atoms with Gasteiger partial charge in [0, 0.05) is 25.3 Å². The molecular weight excluding hydrogens is 210 g/mol. The molecule has 0 saturated carbocycles. The third-order valence-electron chi connectivity index (χ3n) is 1.61. The van der Waals surface area contributed by atoms with Crippen LogP contribution in [0.2, 0.25) is 0 Å². The van der Waals surface area contributed by atoms with Crippen molar-refractivity contribution in [1.82, 2.24) is 0 Å². The van der Waals surface area contributed by atoms with Crippen LogP contribution in [0.4, 0.5) is 5.69 Å². The minimum atomic E-state index is -0.416. The van der Waals surface area contributed by atoms with Crippen LogP contribution < -0.4 is 4.90 Å². The Labute approximate surface area is 96.2 Å². The summed E-state index contributed by atoms with van der Waals surface area (Å²) in [6, 6.07) is 7.14. The Morgan fingerprint density at radius 1 is 1.33 bits per heavy atom. The van der Waals surface area contributed by atoms with E-state index in [-0.39, 0.29) is 0 Å². The summed E-state index contributed by atoms with van der Waals surface area (Å²) in [4.78, 5) is 12.6. The van der Waals surface area contributed by atoms with E-state index in [1.54, 1.807) is 18.2 Å². The van der Waals surface area contributed by atoms with Gasteiger partial charge in [0.1, 0.15) is 0 Å². The third kappa shape index (κ3) is 5.23. The minimum Gasteiger partial charge on any atom is -0.378 e. The molecule has 0 fully saturated rings. The van der Waals surface area contributed by atoms with Crippen LogP contribution in [0.3, 0.4) is 0 Å². The number of halogens is 1. The van der Waals surface area contributed by atoms with E-state index in [9.17, 15) is 4.79 Å². The number of carbonyl (C=O) groups is 1. The molecule has 82 valence electrons. The number of allylic oxidation sites excluding steroid dienone is 1. The zero-order chi connectivity index (χ0) is 11.8. The maximum atomic E-state index is 10.7. The van der Waals surface area contributed by atoms with E-state index < -0.39 is 5.24 Å².